The van der Waals surface area contributed by atoms with Crippen LogP contribution in [-0.4, -0.2) is 17.8 Å². The van der Waals surface area contributed by atoms with E-state index in [1.165, 1.54) is 0 Å². The van der Waals surface area contributed by atoms with Crippen molar-refractivity contribution < 1.29 is 5.11 Å². The normalized spacial score (nSPS) is 25.3. The standard InChI is InChI=1S/C14H19Cl2NO/c1-9(12-6-5-11(15)7-13(12)16)17-8-10-3-2-4-14(10)18/h5-7,9-10,14,17-18H,2-4,8H2,1H3. The van der Waals surface area contributed by atoms with Crippen molar-refractivity contribution in [2.24, 2.45) is 5.92 Å². The molecule has 0 aliphatic heterocycles. The number of aliphatic hydroxyl groups is 1. The topological polar surface area (TPSA) is 32.3 Å². The Morgan fingerprint density at radius 3 is 2.78 bits per heavy atom. The minimum Gasteiger partial charge on any atom is -0.393 e. The molecular weight excluding hydrogens is 269 g/mol. The molecule has 2 N–H and O–H groups in total. The molecule has 1 saturated carbocycles. The maximum Gasteiger partial charge on any atom is 0.0580 e. The molecule has 1 fully saturated rings. The van der Waals surface area contributed by atoms with Crippen LogP contribution in [0, 0.1) is 5.92 Å². The quantitative estimate of drug-likeness (QED) is 0.883. The summed E-state index contributed by atoms with van der Waals surface area (Å²) in [6, 6.07) is 5.74. The number of hydrogen-bond donors (Lipinski definition) is 2. The Bertz CT molecular complexity index is 411. The van der Waals surface area contributed by atoms with Gasteiger partial charge in [0.25, 0.3) is 0 Å². The van der Waals surface area contributed by atoms with Gasteiger partial charge in [-0.1, -0.05) is 35.7 Å². The first kappa shape index (κ1) is 14.1. The number of nitrogens with one attached hydrogen (secondary N) is 1. The maximum atomic E-state index is 9.78. The van der Waals surface area contributed by atoms with E-state index in [1.807, 2.05) is 12.1 Å². The molecule has 3 atom stereocenters. The number of halogens is 2. The molecule has 4 heteroatoms. The lowest BCUT2D eigenvalue weighted by Gasteiger charge is -2.20. The predicted molar refractivity (Wildman–Crippen MR) is 76.2 cm³/mol. The van der Waals surface area contributed by atoms with Gasteiger partial charge in [0.05, 0.1) is 6.10 Å². The summed E-state index contributed by atoms with van der Waals surface area (Å²) in [7, 11) is 0. The molecule has 2 nitrogen and oxygen atoms in total. The van der Waals surface area contributed by atoms with E-state index >= 15 is 0 Å². The molecule has 0 heterocycles. The van der Waals surface area contributed by atoms with Crippen LogP contribution in [0.25, 0.3) is 0 Å². The van der Waals surface area contributed by atoms with Gasteiger partial charge in [-0.3, -0.25) is 0 Å². The molecule has 0 radical (unpaired) electrons. The molecule has 100 valence electrons. The first-order chi connectivity index (χ1) is 8.58. The van der Waals surface area contributed by atoms with Crippen molar-refractivity contribution in [1.82, 2.24) is 5.32 Å². The highest BCUT2D eigenvalue weighted by Crippen LogP contribution is 2.28. The van der Waals surface area contributed by atoms with Crippen molar-refractivity contribution in [3.8, 4) is 0 Å². The van der Waals surface area contributed by atoms with E-state index in [9.17, 15) is 5.11 Å². The fourth-order valence-corrected chi connectivity index (χ4v) is 3.12. The van der Waals surface area contributed by atoms with Crippen molar-refractivity contribution in [1.29, 1.82) is 0 Å². The van der Waals surface area contributed by atoms with E-state index in [0.29, 0.717) is 16.0 Å². The highest BCUT2D eigenvalue weighted by molar-refractivity contribution is 6.35. The van der Waals surface area contributed by atoms with Crippen LogP contribution in [0.4, 0.5) is 0 Å². The Morgan fingerprint density at radius 1 is 1.39 bits per heavy atom. The monoisotopic (exact) mass is 287 g/mol. The predicted octanol–water partition coefficient (Wildman–Crippen LogP) is 3.81. The van der Waals surface area contributed by atoms with Gasteiger partial charge in [-0.05, 0) is 43.4 Å². The summed E-state index contributed by atoms with van der Waals surface area (Å²) in [6.07, 6.45) is 3.02. The van der Waals surface area contributed by atoms with Gasteiger partial charge in [-0.15, -0.1) is 0 Å². The summed E-state index contributed by atoms with van der Waals surface area (Å²) in [6.45, 7) is 2.91. The lowest BCUT2D eigenvalue weighted by atomic mass is 10.0. The highest BCUT2D eigenvalue weighted by Gasteiger charge is 2.25. The average Bonchev–Trinajstić information content (AvgIpc) is 2.72. The van der Waals surface area contributed by atoms with Gasteiger partial charge < -0.3 is 10.4 Å². The van der Waals surface area contributed by atoms with Crippen molar-refractivity contribution >= 4 is 23.2 Å². The number of benzene rings is 1. The Hall–Kier alpha value is -0.280. The van der Waals surface area contributed by atoms with Crippen molar-refractivity contribution in [3.05, 3.63) is 33.8 Å². The van der Waals surface area contributed by atoms with Gasteiger partial charge in [0.2, 0.25) is 0 Å². The van der Waals surface area contributed by atoms with Crippen LogP contribution in [0.15, 0.2) is 18.2 Å². The molecule has 2 rings (SSSR count). The first-order valence-electron chi connectivity index (χ1n) is 6.44. The Morgan fingerprint density at radius 2 is 2.17 bits per heavy atom. The summed E-state index contributed by atoms with van der Waals surface area (Å²) in [5.74, 6) is 0.374. The van der Waals surface area contributed by atoms with Crippen LogP contribution >= 0.6 is 23.2 Å². The van der Waals surface area contributed by atoms with E-state index in [1.54, 1.807) is 6.07 Å². The smallest absolute Gasteiger partial charge is 0.0580 e. The van der Waals surface area contributed by atoms with Crippen LogP contribution in [-0.2, 0) is 0 Å². The molecule has 0 aromatic heterocycles. The van der Waals surface area contributed by atoms with Crippen molar-refractivity contribution in [2.45, 2.75) is 38.3 Å². The summed E-state index contributed by atoms with van der Waals surface area (Å²) < 4.78 is 0. The number of aliphatic hydroxyl groups excluding tert-OH is 1. The van der Waals surface area contributed by atoms with Gasteiger partial charge in [-0.2, -0.15) is 0 Å². The van der Waals surface area contributed by atoms with Crippen LogP contribution in [0.1, 0.15) is 37.8 Å². The second kappa shape index (κ2) is 6.25. The molecule has 0 bridgehead atoms. The molecule has 0 saturated heterocycles. The molecular formula is C14H19Cl2NO. The summed E-state index contributed by atoms with van der Waals surface area (Å²) in [5, 5.41) is 14.6. The van der Waals surface area contributed by atoms with Crippen molar-refractivity contribution in [3.63, 3.8) is 0 Å². The van der Waals surface area contributed by atoms with Crippen LogP contribution in [0.5, 0.6) is 0 Å². The van der Waals surface area contributed by atoms with Crippen molar-refractivity contribution in [2.75, 3.05) is 6.54 Å². The van der Waals surface area contributed by atoms with Gasteiger partial charge in [0, 0.05) is 22.6 Å². The van der Waals surface area contributed by atoms with Crippen LogP contribution < -0.4 is 5.32 Å². The molecule has 1 aromatic rings. The zero-order valence-corrected chi connectivity index (χ0v) is 12.0. The average molecular weight is 288 g/mol. The molecule has 3 unspecified atom stereocenters. The summed E-state index contributed by atoms with van der Waals surface area (Å²) >= 11 is 12.1. The third kappa shape index (κ3) is 3.39. The maximum absolute atomic E-state index is 9.78. The van der Waals surface area contributed by atoms with E-state index in [2.05, 4.69) is 12.2 Å². The molecule has 1 aromatic carbocycles. The zero-order valence-electron chi connectivity index (χ0n) is 10.5. The minimum atomic E-state index is -0.148. The highest BCUT2D eigenvalue weighted by atomic mass is 35.5. The summed E-state index contributed by atoms with van der Waals surface area (Å²) in [4.78, 5) is 0. The van der Waals surface area contributed by atoms with E-state index in [4.69, 9.17) is 23.2 Å². The Balaban J connectivity index is 1.93. The zero-order chi connectivity index (χ0) is 13.1. The van der Waals surface area contributed by atoms with Gasteiger partial charge >= 0.3 is 0 Å². The molecule has 1 aliphatic carbocycles. The minimum absolute atomic E-state index is 0.148. The molecule has 0 amide bonds. The molecule has 0 spiro atoms. The Labute approximate surface area is 118 Å². The lowest BCUT2D eigenvalue weighted by molar-refractivity contribution is 0.130. The fraction of sp³-hybridized carbons (Fsp3) is 0.571. The largest absolute Gasteiger partial charge is 0.393 e. The van der Waals surface area contributed by atoms with E-state index in [-0.39, 0.29) is 12.1 Å². The van der Waals surface area contributed by atoms with E-state index < -0.39 is 0 Å². The summed E-state index contributed by atoms with van der Waals surface area (Å²) in [5.41, 5.74) is 1.05. The second-order valence-corrected chi connectivity index (χ2v) is 5.90. The van der Waals surface area contributed by atoms with E-state index in [0.717, 1.165) is 31.4 Å². The van der Waals surface area contributed by atoms with Crippen LogP contribution in [0.2, 0.25) is 10.0 Å². The van der Waals surface area contributed by atoms with Crippen LogP contribution in [0.3, 0.4) is 0 Å². The third-order valence-corrected chi connectivity index (χ3v) is 4.30. The van der Waals surface area contributed by atoms with Gasteiger partial charge in [0.15, 0.2) is 0 Å². The first-order valence-corrected chi connectivity index (χ1v) is 7.20. The number of hydrogen-bond acceptors (Lipinski definition) is 2. The van der Waals surface area contributed by atoms with Gasteiger partial charge in [0.1, 0.15) is 0 Å². The Kier molecular flexibility index (Phi) is 4.91. The van der Waals surface area contributed by atoms with Gasteiger partial charge in [-0.25, -0.2) is 0 Å². The molecule has 1 aliphatic rings. The second-order valence-electron chi connectivity index (χ2n) is 5.05. The SMILES string of the molecule is CC(NCC1CCCC1O)c1ccc(Cl)cc1Cl. The lowest BCUT2D eigenvalue weighted by Crippen LogP contribution is -2.29. The molecule has 18 heavy (non-hydrogen) atoms. The fourth-order valence-electron chi connectivity index (χ4n) is 2.55. The number of rotatable bonds is 4. The third-order valence-electron chi connectivity index (χ3n) is 3.73.